The maximum Gasteiger partial charge on any atom is 0.251 e. The number of hydrogen-bond acceptors (Lipinski definition) is 7. The Labute approximate surface area is 238 Å². The van der Waals surface area contributed by atoms with Gasteiger partial charge < -0.3 is 19.8 Å². The van der Waals surface area contributed by atoms with Crippen molar-refractivity contribution in [1.29, 1.82) is 0 Å². The molecule has 2 N–H and O–H groups in total. The van der Waals surface area contributed by atoms with Crippen LogP contribution in [0.15, 0.2) is 113 Å². The van der Waals surface area contributed by atoms with Gasteiger partial charge in [-0.05, 0) is 34.9 Å². The molecule has 1 saturated heterocycles. The molecular weight excluding hydrogens is 548 g/mol. The largest absolute Gasteiger partial charge is 0.618 e. The second kappa shape index (κ2) is 12.9. The van der Waals surface area contributed by atoms with Gasteiger partial charge in [0.15, 0.2) is 12.5 Å². The van der Waals surface area contributed by atoms with Crippen LogP contribution in [0.3, 0.4) is 0 Å². The van der Waals surface area contributed by atoms with E-state index in [1.807, 2.05) is 54.6 Å². The van der Waals surface area contributed by atoms with Crippen LogP contribution in [0.2, 0.25) is 0 Å². The third kappa shape index (κ3) is 7.08. The van der Waals surface area contributed by atoms with Gasteiger partial charge in [-0.2, -0.15) is 4.73 Å². The lowest BCUT2D eigenvalue weighted by atomic mass is 10.0. The predicted octanol–water partition coefficient (Wildman–Crippen LogP) is 4.63. The Morgan fingerprint density at radius 1 is 0.875 bits per heavy atom. The van der Waals surface area contributed by atoms with E-state index in [9.17, 15) is 18.7 Å². The van der Waals surface area contributed by atoms with Crippen LogP contribution < -0.4 is 9.45 Å². The molecule has 1 aromatic heterocycles. The van der Waals surface area contributed by atoms with Crippen LogP contribution in [0, 0.1) is 5.21 Å². The Hall–Kier alpha value is -3.25. The van der Waals surface area contributed by atoms with E-state index in [2.05, 4.69) is 4.72 Å². The van der Waals surface area contributed by atoms with Gasteiger partial charge in [-0.15, -0.1) is 0 Å². The standard InChI is InChI=1S/C30H30N2O6S2/c33-20-23-11-13-24(14-12-23)28-18-26(21-39-29-8-4-5-17-32(29)34)37-30(38-28)25-15-9-22(10-16-25)19-31-40(35,36)27-6-2-1-3-7-27/h1-17,26,28,30-31,33H,18-21H2. The van der Waals surface area contributed by atoms with E-state index in [-0.39, 0.29) is 30.3 Å². The number of aliphatic hydroxyl groups excluding tert-OH is 1. The first-order valence-electron chi connectivity index (χ1n) is 12.9. The quantitative estimate of drug-likeness (QED) is 0.160. The molecule has 10 heteroatoms. The van der Waals surface area contributed by atoms with Gasteiger partial charge in [-0.1, -0.05) is 78.5 Å². The van der Waals surface area contributed by atoms with E-state index >= 15 is 0 Å². The van der Waals surface area contributed by atoms with Crippen LogP contribution in [0.1, 0.15) is 41.1 Å². The number of nitrogens with one attached hydrogen (secondary N) is 1. The van der Waals surface area contributed by atoms with Gasteiger partial charge in [0.1, 0.15) is 0 Å². The normalized spacial score (nSPS) is 19.4. The SMILES string of the molecule is O=S(=O)(NCc1ccc(C2OC(CSc3cccc[n+]3[O-])CC(c3ccc(CO)cc3)O2)cc1)c1ccccc1. The summed E-state index contributed by atoms with van der Waals surface area (Å²) in [6.07, 6.45) is 0.997. The molecular formula is C30H30N2O6S2. The molecule has 0 aliphatic carbocycles. The van der Waals surface area contributed by atoms with Crippen molar-refractivity contribution >= 4 is 21.8 Å². The summed E-state index contributed by atoms with van der Waals surface area (Å²) in [5.74, 6) is 0.566. The van der Waals surface area contributed by atoms with Crippen molar-refractivity contribution in [3.05, 3.63) is 131 Å². The lowest BCUT2D eigenvalue weighted by molar-refractivity contribution is -0.645. The van der Waals surface area contributed by atoms with Gasteiger partial charge in [0, 0.05) is 36.4 Å². The van der Waals surface area contributed by atoms with Crippen LogP contribution in [-0.2, 0) is 32.6 Å². The molecule has 3 atom stereocenters. The van der Waals surface area contributed by atoms with E-state index in [1.54, 1.807) is 42.5 Å². The van der Waals surface area contributed by atoms with Crippen molar-refractivity contribution in [2.45, 2.75) is 48.0 Å². The minimum atomic E-state index is -3.61. The van der Waals surface area contributed by atoms with Gasteiger partial charge in [0.25, 0.3) is 5.03 Å². The molecule has 2 heterocycles. The average Bonchev–Trinajstić information content (AvgIpc) is 3.00. The highest BCUT2D eigenvalue weighted by Crippen LogP contribution is 2.39. The number of aliphatic hydroxyl groups is 1. The van der Waals surface area contributed by atoms with Crippen LogP contribution in [0.5, 0.6) is 0 Å². The molecule has 0 amide bonds. The fraction of sp³-hybridized carbons (Fsp3) is 0.233. The summed E-state index contributed by atoms with van der Waals surface area (Å²) in [6.45, 7) is 0.117. The highest BCUT2D eigenvalue weighted by Gasteiger charge is 2.32. The van der Waals surface area contributed by atoms with Gasteiger partial charge in [-0.3, -0.25) is 0 Å². The van der Waals surface area contributed by atoms with Gasteiger partial charge in [0.2, 0.25) is 10.0 Å². The molecule has 5 rings (SSSR count). The third-order valence-corrected chi connectivity index (χ3v) is 9.16. The molecule has 1 fully saturated rings. The fourth-order valence-corrected chi connectivity index (χ4v) is 6.35. The number of thioether (sulfide) groups is 1. The molecule has 1 aliphatic heterocycles. The van der Waals surface area contributed by atoms with Gasteiger partial charge in [-0.25, -0.2) is 13.1 Å². The topological polar surface area (TPSA) is 112 Å². The van der Waals surface area contributed by atoms with E-state index in [0.717, 1.165) is 27.0 Å². The maximum atomic E-state index is 12.6. The van der Waals surface area contributed by atoms with Crippen LogP contribution >= 0.6 is 11.8 Å². The molecule has 0 radical (unpaired) electrons. The zero-order valence-corrected chi connectivity index (χ0v) is 23.3. The smallest absolute Gasteiger partial charge is 0.251 e. The number of rotatable bonds is 10. The highest BCUT2D eigenvalue weighted by molar-refractivity contribution is 7.99. The van der Waals surface area contributed by atoms with Crippen molar-refractivity contribution in [3.8, 4) is 0 Å². The summed E-state index contributed by atoms with van der Waals surface area (Å²) >= 11 is 1.44. The molecule has 4 aromatic rings. The summed E-state index contributed by atoms with van der Waals surface area (Å²) in [5, 5.41) is 22.1. The number of hydrogen-bond donors (Lipinski definition) is 2. The highest BCUT2D eigenvalue weighted by atomic mass is 32.2. The van der Waals surface area contributed by atoms with Crippen molar-refractivity contribution in [3.63, 3.8) is 0 Å². The zero-order valence-electron chi connectivity index (χ0n) is 21.6. The summed E-state index contributed by atoms with van der Waals surface area (Å²) in [7, 11) is -3.61. The molecule has 8 nitrogen and oxygen atoms in total. The molecule has 0 bridgehead atoms. The van der Waals surface area contributed by atoms with Crippen molar-refractivity contribution in [2.24, 2.45) is 0 Å². The summed E-state index contributed by atoms with van der Waals surface area (Å²) < 4.78 is 41.3. The summed E-state index contributed by atoms with van der Waals surface area (Å²) in [5.41, 5.74) is 3.40. The second-order valence-electron chi connectivity index (χ2n) is 9.41. The molecule has 208 valence electrons. The second-order valence-corrected chi connectivity index (χ2v) is 12.2. The minimum Gasteiger partial charge on any atom is -0.618 e. The van der Waals surface area contributed by atoms with E-state index in [1.165, 1.54) is 18.0 Å². The number of benzene rings is 3. The number of aromatic nitrogens is 1. The number of nitrogens with zero attached hydrogens (tertiary/aromatic N) is 1. The molecule has 3 unspecified atom stereocenters. The first-order chi connectivity index (χ1) is 19.4. The first-order valence-corrected chi connectivity index (χ1v) is 15.3. The average molecular weight is 579 g/mol. The number of ether oxygens (including phenoxy) is 2. The van der Waals surface area contributed by atoms with Crippen molar-refractivity contribution in [2.75, 3.05) is 5.75 Å². The number of pyridine rings is 1. The molecule has 3 aromatic carbocycles. The zero-order chi connectivity index (χ0) is 28.0. The van der Waals surface area contributed by atoms with Crippen LogP contribution in [0.4, 0.5) is 0 Å². The Morgan fingerprint density at radius 2 is 1.55 bits per heavy atom. The van der Waals surface area contributed by atoms with E-state index < -0.39 is 16.3 Å². The van der Waals surface area contributed by atoms with E-state index in [0.29, 0.717) is 17.2 Å². The fourth-order valence-electron chi connectivity index (χ4n) is 4.38. The maximum absolute atomic E-state index is 12.6. The van der Waals surface area contributed by atoms with E-state index in [4.69, 9.17) is 9.47 Å². The molecule has 40 heavy (non-hydrogen) atoms. The first kappa shape index (κ1) is 28.3. The van der Waals surface area contributed by atoms with Crippen molar-refractivity contribution < 1.29 is 27.7 Å². The monoisotopic (exact) mass is 578 g/mol. The molecule has 0 spiro atoms. The summed E-state index contributed by atoms with van der Waals surface area (Å²) in [4.78, 5) is 0.218. The molecule has 1 aliphatic rings. The predicted molar refractivity (Wildman–Crippen MR) is 151 cm³/mol. The third-order valence-electron chi connectivity index (χ3n) is 6.59. The Balaban J connectivity index is 1.29. The lowest BCUT2D eigenvalue weighted by Gasteiger charge is -2.36. The number of sulfonamides is 1. The minimum absolute atomic E-state index is 0.0308. The Bertz CT molecular complexity index is 1500. The Morgan fingerprint density at radius 3 is 2.25 bits per heavy atom. The van der Waals surface area contributed by atoms with Gasteiger partial charge in [0.05, 0.1) is 23.7 Å². The van der Waals surface area contributed by atoms with Gasteiger partial charge >= 0.3 is 0 Å². The summed E-state index contributed by atoms with van der Waals surface area (Å²) in [6, 6.07) is 28.7. The lowest BCUT2D eigenvalue weighted by Crippen LogP contribution is -2.32. The van der Waals surface area contributed by atoms with Crippen molar-refractivity contribution in [1.82, 2.24) is 4.72 Å². The molecule has 0 saturated carbocycles. The van der Waals surface area contributed by atoms with Crippen LogP contribution in [-0.4, -0.2) is 25.4 Å². The van der Waals surface area contributed by atoms with Crippen LogP contribution in [0.25, 0.3) is 0 Å². The Kier molecular flexibility index (Phi) is 9.15.